The van der Waals surface area contributed by atoms with Gasteiger partial charge in [-0.1, -0.05) is 30.3 Å². The summed E-state index contributed by atoms with van der Waals surface area (Å²) in [7, 11) is 0. The second-order valence-corrected chi connectivity index (χ2v) is 5.33. The van der Waals surface area contributed by atoms with Crippen molar-refractivity contribution >= 4 is 17.8 Å². The third-order valence-corrected chi connectivity index (χ3v) is 3.83. The van der Waals surface area contributed by atoms with Gasteiger partial charge in [-0.25, -0.2) is 4.79 Å². The van der Waals surface area contributed by atoms with Crippen LogP contribution in [0.4, 0.5) is 4.79 Å². The van der Waals surface area contributed by atoms with Crippen LogP contribution in [0.1, 0.15) is 18.1 Å². The lowest BCUT2D eigenvalue weighted by molar-refractivity contribution is -0.140. The van der Waals surface area contributed by atoms with Crippen LogP contribution in [0.15, 0.2) is 30.3 Å². The summed E-state index contributed by atoms with van der Waals surface area (Å²) in [5.74, 6) is -0.613. The number of hydrogen-bond donors (Lipinski definition) is 2. The largest absolute Gasteiger partial charge is 0.370 e. The van der Waals surface area contributed by atoms with Crippen LogP contribution >= 0.6 is 0 Å². The highest BCUT2D eigenvalue weighted by Gasteiger charge is 2.34. The van der Waals surface area contributed by atoms with Crippen molar-refractivity contribution in [2.24, 2.45) is 0 Å². The Morgan fingerprint density at radius 2 is 2.05 bits per heavy atom. The normalized spacial score (nSPS) is 24.8. The summed E-state index contributed by atoms with van der Waals surface area (Å²) in [6.45, 7) is 1.39. The van der Waals surface area contributed by atoms with Crippen LogP contribution in [-0.4, -0.2) is 48.5 Å². The van der Waals surface area contributed by atoms with Gasteiger partial charge in [-0.15, -0.1) is 0 Å². The van der Waals surface area contributed by atoms with Gasteiger partial charge in [0.05, 0.1) is 19.6 Å². The van der Waals surface area contributed by atoms with E-state index in [9.17, 15) is 14.4 Å². The standard InChI is InChI=1S/C15H17N3O4/c19-13(8-11-14(20)17-15(21)16-11)18-6-7-22-12(9-18)10-4-2-1-3-5-10/h1-5,11-12H,6-9H2,(H2,16,17,20,21)/t11-,12-/m1/s1. The van der Waals surface area contributed by atoms with Crippen molar-refractivity contribution in [3.05, 3.63) is 35.9 Å². The van der Waals surface area contributed by atoms with E-state index in [-0.39, 0.29) is 18.4 Å². The highest BCUT2D eigenvalue weighted by atomic mass is 16.5. The molecule has 2 saturated heterocycles. The first-order chi connectivity index (χ1) is 10.6. The van der Waals surface area contributed by atoms with E-state index in [1.807, 2.05) is 30.3 Å². The zero-order valence-corrected chi connectivity index (χ0v) is 12.0. The number of hydrogen-bond acceptors (Lipinski definition) is 4. The van der Waals surface area contributed by atoms with Crippen molar-refractivity contribution in [2.45, 2.75) is 18.6 Å². The zero-order chi connectivity index (χ0) is 15.5. The van der Waals surface area contributed by atoms with Gasteiger partial charge in [0.1, 0.15) is 12.1 Å². The van der Waals surface area contributed by atoms with E-state index in [0.29, 0.717) is 19.7 Å². The smallest absolute Gasteiger partial charge is 0.322 e. The van der Waals surface area contributed by atoms with Crippen LogP contribution < -0.4 is 10.6 Å². The number of imide groups is 1. The number of morpholine rings is 1. The maximum atomic E-state index is 12.3. The molecule has 2 heterocycles. The summed E-state index contributed by atoms with van der Waals surface area (Å²) >= 11 is 0. The summed E-state index contributed by atoms with van der Waals surface area (Å²) in [6.07, 6.45) is -0.190. The molecule has 7 nitrogen and oxygen atoms in total. The van der Waals surface area contributed by atoms with E-state index in [0.717, 1.165) is 5.56 Å². The number of nitrogens with zero attached hydrogens (tertiary/aromatic N) is 1. The van der Waals surface area contributed by atoms with E-state index in [4.69, 9.17) is 4.74 Å². The van der Waals surface area contributed by atoms with Gasteiger partial charge in [-0.3, -0.25) is 14.9 Å². The molecule has 2 aliphatic rings. The fourth-order valence-electron chi connectivity index (χ4n) is 2.65. The molecule has 2 atom stereocenters. The Bertz CT molecular complexity index is 590. The summed E-state index contributed by atoms with van der Waals surface area (Å²) in [5.41, 5.74) is 1.02. The first kappa shape index (κ1) is 14.5. The fourth-order valence-corrected chi connectivity index (χ4v) is 2.65. The van der Waals surface area contributed by atoms with E-state index in [1.165, 1.54) is 0 Å². The predicted molar refractivity (Wildman–Crippen MR) is 76.8 cm³/mol. The Hall–Kier alpha value is -2.41. The Kier molecular flexibility index (Phi) is 4.06. The molecule has 0 aliphatic carbocycles. The molecule has 7 heteroatoms. The Labute approximate surface area is 127 Å². The first-order valence-corrected chi connectivity index (χ1v) is 7.19. The van der Waals surface area contributed by atoms with Gasteiger partial charge >= 0.3 is 6.03 Å². The lowest BCUT2D eigenvalue weighted by Gasteiger charge is -2.33. The second kappa shape index (κ2) is 6.15. The molecule has 4 amide bonds. The highest BCUT2D eigenvalue weighted by molar-refractivity contribution is 6.05. The zero-order valence-electron chi connectivity index (χ0n) is 12.0. The van der Waals surface area contributed by atoms with Crippen molar-refractivity contribution < 1.29 is 19.1 Å². The lowest BCUT2D eigenvalue weighted by Crippen LogP contribution is -2.45. The van der Waals surface area contributed by atoms with Gasteiger partial charge in [-0.05, 0) is 5.56 Å². The third-order valence-electron chi connectivity index (χ3n) is 3.83. The Morgan fingerprint density at radius 1 is 1.27 bits per heavy atom. The number of carbonyl (C=O) groups is 3. The SMILES string of the molecule is O=C1NC(=O)[C@@H](CC(=O)N2CCO[C@@H](c3ccccc3)C2)N1. The summed E-state index contributed by atoms with van der Waals surface area (Å²) in [4.78, 5) is 36.6. The average molecular weight is 303 g/mol. The van der Waals surface area contributed by atoms with Gasteiger partial charge in [0.25, 0.3) is 5.91 Å². The summed E-state index contributed by atoms with van der Waals surface area (Å²) in [6, 6.07) is 8.38. The van der Waals surface area contributed by atoms with Gasteiger partial charge in [0, 0.05) is 6.54 Å². The monoisotopic (exact) mass is 303 g/mol. The molecule has 0 unspecified atom stereocenters. The molecular formula is C15H17N3O4. The molecular weight excluding hydrogens is 286 g/mol. The molecule has 0 aromatic heterocycles. The minimum atomic E-state index is -0.780. The molecule has 2 aliphatic heterocycles. The molecule has 116 valence electrons. The second-order valence-electron chi connectivity index (χ2n) is 5.33. The molecule has 2 N–H and O–H groups in total. The highest BCUT2D eigenvalue weighted by Crippen LogP contribution is 2.22. The quantitative estimate of drug-likeness (QED) is 0.780. The van der Waals surface area contributed by atoms with E-state index < -0.39 is 18.0 Å². The van der Waals surface area contributed by atoms with Gasteiger partial charge in [-0.2, -0.15) is 0 Å². The minimum Gasteiger partial charge on any atom is -0.370 e. The molecule has 2 fully saturated rings. The van der Waals surface area contributed by atoms with Gasteiger partial charge < -0.3 is 15.0 Å². The topological polar surface area (TPSA) is 87.7 Å². The molecule has 0 bridgehead atoms. The van der Waals surface area contributed by atoms with Crippen molar-refractivity contribution in [3.8, 4) is 0 Å². The first-order valence-electron chi connectivity index (χ1n) is 7.19. The van der Waals surface area contributed by atoms with Crippen molar-refractivity contribution in [1.82, 2.24) is 15.5 Å². The molecule has 0 saturated carbocycles. The van der Waals surface area contributed by atoms with Gasteiger partial charge in [0.15, 0.2) is 0 Å². The Morgan fingerprint density at radius 3 is 2.73 bits per heavy atom. The molecule has 22 heavy (non-hydrogen) atoms. The minimum absolute atomic E-state index is 0.0287. The van der Waals surface area contributed by atoms with Crippen LogP contribution in [0.2, 0.25) is 0 Å². The number of nitrogens with one attached hydrogen (secondary N) is 2. The lowest BCUT2D eigenvalue weighted by atomic mass is 10.1. The van der Waals surface area contributed by atoms with Crippen molar-refractivity contribution in [2.75, 3.05) is 19.7 Å². The van der Waals surface area contributed by atoms with Crippen LogP contribution in [0.3, 0.4) is 0 Å². The van der Waals surface area contributed by atoms with Crippen molar-refractivity contribution in [1.29, 1.82) is 0 Å². The molecule has 1 aromatic carbocycles. The molecule has 0 radical (unpaired) electrons. The predicted octanol–water partition coefficient (Wildman–Crippen LogP) is 0.185. The summed E-state index contributed by atoms with van der Waals surface area (Å²) in [5, 5.41) is 4.56. The van der Waals surface area contributed by atoms with E-state index in [1.54, 1.807) is 4.90 Å². The van der Waals surface area contributed by atoms with Crippen molar-refractivity contribution in [3.63, 3.8) is 0 Å². The fraction of sp³-hybridized carbons (Fsp3) is 0.400. The number of urea groups is 1. The van der Waals surface area contributed by atoms with Crippen LogP contribution in [-0.2, 0) is 14.3 Å². The number of amides is 4. The van der Waals surface area contributed by atoms with E-state index >= 15 is 0 Å². The number of rotatable bonds is 3. The number of carbonyl (C=O) groups excluding carboxylic acids is 3. The number of benzene rings is 1. The van der Waals surface area contributed by atoms with Gasteiger partial charge in [0.2, 0.25) is 5.91 Å². The third kappa shape index (κ3) is 3.09. The molecule has 1 aromatic rings. The van der Waals surface area contributed by atoms with Crippen LogP contribution in [0, 0.1) is 0 Å². The Balaban J connectivity index is 1.61. The van der Waals surface area contributed by atoms with Crippen LogP contribution in [0.25, 0.3) is 0 Å². The molecule has 0 spiro atoms. The van der Waals surface area contributed by atoms with Crippen LogP contribution in [0.5, 0.6) is 0 Å². The maximum Gasteiger partial charge on any atom is 0.322 e. The van der Waals surface area contributed by atoms with E-state index in [2.05, 4.69) is 10.6 Å². The summed E-state index contributed by atoms with van der Waals surface area (Å²) < 4.78 is 5.71. The number of ether oxygens (including phenoxy) is 1. The maximum absolute atomic E-state index is 12.3. The molecule has 3 rings (SSSR count). The average Bonchev–Trinajstić information content (AvgIpc) is 2.86.